The van der Waals surface area contributed by atoms with Gasteiger partial charge in [0, 0.05) is 10.4 Å². The van der Waals surface area contributed by atoms with Crippen LogP contribution in [0, 0.1) is 6.92 Å². The number of rotatable bonds is 2. The molecule has 2 nitrogen and oxygen atoms in total. The molecule has 1 aromatic heterocycles. The van der Waals surface area contributed by atoms with Gasteiger partial charge in [0.1, 0.15) is 0 Å². The molecular formula is C15H14N2S. The fourth-order valence-corrected chi connectivity index (χ4v) is 2.75. The Morgan fingerprint density at radius 3 is 2.83 bits per heavy atom. The summed E-state index contributed by atoms with van der Waals surface area (Å²) in [7, 11) is 0. The Hall–Kier alpha value is -2.00. The predicted octanol–water partition coefficient (Wildman–Crippen LogP) is 4.54. The van der Waals surface area contributed by atoms with Crippen molar-refractivity contribution in [3.8, 4) is 0 Å². The molecule has 0 bridgehead atoms. The van der Waals surface area contributed by atoms with Crippen LogP contribution in [-0.4, -0.2) is 0 Å². The van der Waals surface area contributed by atoms with Gasteiger partial charge in [0.05, 0.1) is 11.4 Å². The zero-order valence-electron chi connectivity index (χ0n) is 10.1. The van der Waals surface area contributed by atoms with Crippen molar-refractivity contribution in [2.24, 2.45) is 0 Å². The maximum Gasteiger partial charge on any atom is 0.0620 e. The molecule has 0 spiro atoms. The second kappa shape index (κ2) is 4.35. The number of thiophene rings is 1. The van der Waals surface area contributed by atoms with Crippen molar-refractivity contribution in [1.29, 1.82) is 0 Å². The number of benzene rings is 2. The van der Waals surface area contributed by atoms with Crippen molar-refractivity contribution in [3.05, 3.63) is 53.4 Å². The lowest BCUT2D eigenvalue weighted by Crippen LogP contribution is -1.96. The van der Waals surface area contributed by atoms with Crippen molar-refractivity contribution in [2.45, 2.75) is 6.92 Å². The molecule has 3 N–H and O–H groups in total. The monoisotopic (exact) mass is 254 g/mol. The summed E-state index contributed by atoms with van der Waals surface area (Å²) in [5.41, 5.74) is 9.97. The number of aryl methyl sites for hydroxylation is 1. The van der Waals surface area contributed by atoms with Gasteiger partial charge in [-0.2, -0.15) is 0 Å². The Bertz CT molecular complexity index is 701. The van der Waals surface area contributed by atoms with Crippen LogP contribution in [-0.2, 0) is 0 Å². The molecule has 2 aromatic carbocycles. The van der Waals surface area contributed by atoms with E-state index in [4.69, 9.17) is 5.73 Å². The third-order valence-electron chi connectivity index (χ3n) is 2.94. The van der Waals surface area contributed by atoms with Gasteiger partial charge in [0.15, 0.2) is 0 Å². The molecule has 0 fully saturated rings. The minimum Gasteiger partial charge on any atom is -0.397 e. The summed E-state index contributed by atoms with van der Waals surface area (Å²) in [4.78, 5) is 0. The van der Waals surface area contributed by atoms with Crippen LogP contribution in [0.2, 0.25) is 0 Å². The quantitative estimate of drug-likeness (QED) is 0.659. The second-order valence-corrected chi connectivity index (χ2v) is 5.34. The van der Waals surface area contributed by atoms with Crippen molar-refractivity contribution < 1.29 is 0 Å². The Morgan fingerprint density at radius 2 is 1.94 bits per heavy atom. The Labute approximate surface area is 110 Å². The molecule has 18 heavy (non-hydrogen) atoms. The first-order valence-electron chi connectivity index (χ1n) is 5.83. The van der Waals surface area contributed by atoms with E-state index in [1.807, 2.05) is 12.1 Å². The zero-order valence-corrected chi connectivity index (χ0v) is 10.9. The Kier molecular flexibility index (Phi) is 2.68. The molecule has 0 saturated heterocycles. The van der Waals surface area contributed by atoms with Crippen LogP contribution in [0.15, 0.2) is 47.8 Å². The maximum atomic E-state index is 5.97. The van der Waals surface area contributed by atoms with Gasteiger partial charge >= 0.3 is 0 Å². The van der Waals surface area contributed by atoms with Gasteiger partial charge in [-0.3, -0.25) is 0 Å². The highest BCUT2D eigenvalue weighted by Crippen LogP contribution is 2.28. The second-order valence-electron chi connectivity index (χ2n) is 4.39. The summed E-state index contributed by atoms with van der Waals surface area (Å²) in [5.74, 6) is 0. The SMILES string of the molecule is Cc1ccc(N)c(Nc2ccc3sccc3c2)c1. The van der Waals surface area contributed by atoms with E-state index in [0.29, 0.717) is 0 Å². The molecule has 1 heterocycles. The van der Waals surface area contributed by atoms with Gasteiger partial charge in [-0.05, 0) is 59.7 Å². The molecular weight excluding hydrogens is 240 g/mol. The van der Waals surface area contributed by atoms with Crippen molar-refractivity contribution >= 4 is 38.5 Å². The normalized spacial score (nSPS) is 10.7. The fraction of sp³-hybridized carbons (Fsp3) is 0.0667. The summed E-state index contributed by atoms with van der Waals surface area (Å²) in [5, 5.41) is 6.74. The molecule has 0 aliphatic carbocycles. The van der Waals surface area contributed by atoms with E-state index in [9.17, 15) is 0 Å². The first-order valence-corrected chi connectivity index (χ1v) is 6.71. The molecule has 0 aliphatic heterocycles. The molecule has 0 atom stereocenters. The topological polar surface area (TPSA) is 38.0 Å². The largest absolute Gasteiger partial charge is 0.397 e. The number of nitrogens with one attached hydrogen (secondary N) is 1. The van der Waals surface area contributed by atoms with Crippen LogP contribution in [0.3, 0.4) is 0 Å². The van der Waals surface area contributed by atoms with E-state index in [-0.39, 0.29) is 0 Å². The van der Waals surface area contributed by atoms with E-state index in [1.54, 1.807) is 11.3 Å². The summed E-state index contributed by atoms with van der Waals surface area (Å²) in [6.45, 7) is 2.06. The predicted molar refractivity (Wildman–Crippen MR) is 80.7 cm³/mol. The van der Waals surface area contributed by atoms with Gasteiger partial charge in [-0.25, -0.2) is 0 Å². The molecule has 0 unspecified atom stereocenters. The van der Waals surface area contributed by atoms with Gasteiger partial charge in [0.2, 0.25) is 0 Å². The summed E-state index contributed by atoms with van der Waals surface area (Å²) >= 11 is 1.76. The molecule has 3 aromatic rings. The van der Waals surface area contributed by atoms with Crippen LogP contribution in [0.1, 0.15) is 5.56 Å². The lowest BCUT2D eigenvalue weighted by Gasteiger charge is -2.10. The van der Waals surface area contributed by atoms with E-state index < -0.39 is 0 Å². The number of hydrogen-bond donors (Lipinski definition) is 2. The van der Waals surface area contributed by atoms with Crippen LogP contribution < -0.4 is 11.1 Å². The Balaban J connectivity index is 1.97. The molecule has 0 aliphatic rings. The Morgan fingerprint density at radius 1 is 1.06 bits per heavy atom. The molecule has 3 heteroatoms. The van der Waals surface area contributed by atoms with E-state index in [1.165, 1.54) is 15.6 Å². The standard InChI is InChI=1S/C15H14N2S/c1-10-2-4-13(16)14(8-10)17-12-3-5-15-11(9-12)6-7-18-15/h2-9,17H,16H2,1H3. The lowest BCUT2D eigenvalue weighted by molar-refractivity contribution is 1.45. The smallest absolute Gasteiger partial charge is 0.0620 e. The first kappa shape index (κ1) is 11.1. The van der Waals surface area contributed by atoms with Gasteiger partial charge < -0.3 is 11.1 Å². The third-order valence-corrected chi connectivity index (χ3v) is 3.84. The van der Waals surface area contributed by atoms with Crippen LogP contribution in [0.25, 0.3) is 10.1 Å². The molecule has 0 radical (unpaired) electrons. The number of nitrogen functional groups attached to an aromatic ring is 1. The highest BCUT2D eigenvalue weighted by atomic mass is 32.1. The summed E-state index contributed by atoms with van der Waals surface area (Å²) < 4.78 is 1.30. The minimum absolute atomic E-state index is 0.769. The molecule has 90 valence electrons. The van der Waals surface area contributed by atoms with E-state index >= 15 is 0 Å². The highest BCUT2D eigenvalue weighted by molar-refractivity contribution is 7.17. The summed E-state index contributed by atoms with van der Waals surface area (Å²) in [6.07, 6.45) is 0. The van der Waals surface area contributed by atoms with Gasteiger partial charge in [-0.15, -0.1) is 11.3 Å². The number of nitrogens with two attached hydrogens (primary N) is 1. The van der Waals surface area contributed by atoms with Crippen LogP contribution >= 0.6 is 11.3 Å². The maximum absolute atomic E-state index is 5.97. The van der Waals surface area contributed by atoms with Crippen molar-refractivity contribution in [1.82, 2.24) is 0 Å². The minimum atomic E-state index is 0.769. The van der Waals surface area contributed by atoms with Crippen LogP contribution in [0.4, 0.5) is 17.1 Å². The van der Waals surface area contributed by atoms with E-state index in [2.05, 4.69) is 48.0 Å². The average molecular weight is 254 g/mol. The zero-order chi connectivity index (χ0) is 12.5. The van der Waals surface area contributed by atoms with Crippen LogP contribution in [0.5, 0.6) is 0 Å². The fourth-order valence-electron chi connectivity index (χ4n) is 1.98. The molecule has 0 amide bonds. The first-order chi connectivity index (χ1) is 8.72. The van der Waals surface area contributed by atoms with Crippen molar-refractivity contribution in [3.63, 3.8) is 0 Å². The highest BCUT2D eigenvalue weighted by Gasteiger charge is 2.01. The number of fused-ring (bicyclic) bond motifs is 1. The van der Waals surface area contributed by atoms with Gasteiger partial charge in [-0.1, -0.05) is 6.07 Å². The number of hydrogen-bond acceptors (Lipinski definition) is 3. The van der Waals surface area contributed by atoms with Gasteiger partial charge in [0.25, 0.3) is 0 Å². The average Bonchev–Trinajstić information content (AvgIpc) is 2.81. The molecule has 0 saturated carbocycles. The van der Waals surface area contributed by atoms with E-state index in [0.717, 1.165) is 17.1 Å². The van der Waals surface area contributed by atoms with Crippen molar-refractivity contribution in [2.75, 3.05) is 11.1 Å². The number of anilines is 3. The lowest BCUT2D eigenvalue weighted by atomic mass is 10.2. The molecule has 3 rings (SSSR count). The third kappa shape index (κ3) is 2.05. The summed E-state index contributed by atoms with van der Waals surface area (Å²) in [6, 6.07) is 14.5.